The van der Waals surface area contributed by atoms with E-state index in [-0.39, 0.29) is 24.0 Å². The Hall–Kier alpha value is -2.29. The third kappa shape index (κ3) is 7.23. The molecule has 7 heteroatoms. The van der Waals surface area contributed by atoms with E-state index in [2.05, 4.69) is 40.7 Å². The smallest absolute Gasteiger partial charge is 0.248 e. The Morgan fingerprint density at radius 1 is 1.17 bits per heavy atom. The van der Waals surface area contributed by atoms with Crippen LogP contribution in [0.5, 0.6) is 5.75 Å². The van der Waals surface area contributed by atoms with Crippen LogP contribution < -0.4 is 21.1 Å². The van der Waals surface area contributed by atoms with Crippen LogP contribution in [-0.4, -0.2) is 25.5 Å². The normalized spacial score (nSPS) is 13.4. The van der Waals surface area contributed by atoms with Crippen LogP contribution >= 0.6 is 24.0 Å². The van der Waals surface area contributed by atoms with Gasteiger partial charge in [-0.1, -0.05) is 24.3 Å². The van der Waals surface area contributed by atoms with Crippen molar-refractivity contribution in [2.75, 3.05) is 13.7 Å². The Morgan fingerprint density at radius 3 is 2.62 bits per heavy atom. The molecule has 4 N–H and O–H groups in total. The minimum atomic E-state index is -0.428. The molecule has 0 saturated heterocycles. The fourth-order valence-corrected chi connectivity index (χ4v) is 2.85. The van der Waals surface area contributed by atoms with Crippen LogP contribution in [0.2, 0.25) is 0 Å². The fourth-order valence-electron chi connectivity index (χ4n) is 2.85. The third-order valence-corrected chi connectivity index (χ3v) is 4.74. The summed E-state index contributed by atoms with van der Waals surface area (Å²) in [5.74, 6) is 1.90. The number of rotatable bonds is 8. The number of nitrogens with one attached hydrogen (secondary N) is 2. The van der Waals surface area contributed by atoms with E-state index in [1.54, 1.807) is 19.2 Å². The third-order valence-electron chi connectivity index (χ3n) is 4.74. The molecular formula is C22H29IN4O2. The lowest BCUT2D eigenvalue weighted by molar-refractivity contribution is 0.1000. The molecule has 2 aromatic rings. The number of aliphatic imine (C=N–C) groups is 1. The van der Waals surface area contributed by atoms with Gasteiger partial charge in [-0.05, 0) is 55.0 Å². The maximum Gasteiger partial charge on any atom is 0.248 e. The second-order valence-electron chi connectivity index (χ2n) is 7.21. The molecule has 0 aliphatic heterocycles. The molecule has 1 aliphatic rings. The predicted octanol–water partition coefficient (Wildman–Crippen LogP) is 3.37. The molecule has 6 nitrogen and oxygen atoms in total. The molecule has 0 unspecified atom stereocenters. The number of nitrogens with zero attached hydrogens (tertiary/aromatic N) is 1. The van der Waals surface area contributed by atoms with Crippen LogP contribution in [0.3, 0.4) is 0 Å². The zero-order valence-corrected chi connectivity index (χ0v) is 19.2. The fraction of sp³-hybridized carbons (Fsp3) is 0.364. The van der Waals surface area contributed by atoms with Gasteiger partial charge in [0.05, 0.1) is 6.61 Å². The number of carbonyl (C=O) groups excluding carboxylic acids is 1. The number of nitrogens with two attached hydrogens (primary N) is 1. The zero-order chi connectivity index (χ0) is 19.9. The average Bonchev–Trinajstić information content (AvgIpc) is 3.52. The van der Waals surface area contributed by atoms with Gasteiger partial charge in [0, 0.05) is 31.3 Å². The molecule has 0 bridgehead atoms. The van der Waals surface area contributed by atoms with E-state index in [4.69, 9.17) is 10.5 Å². The minimum Gasteiger partial charge on any atom is -0.493 e. The zero-order valence-electron chi connectivity index (χ0n) is 16.9. The lowest BCUT2D eigenvalue weighted by atomic mass is 10.1. The van der Waals surface area contributed by atoms with E-state index in [1.165, 1.54) is 18.4 Å². The van der Waals surface area contributed by atoms with Crippen LogP contribution in [0.25, 0.3) is 0 Å². The van der Waals surface area contributed by atoms with Crippen molar-refractivity contribution in [1.29, 1.82) is 0 Å². The molecule has 0 spiro atoms. The number of halogens is 1. The van der Waals surface area contributed by atoms with Gasteiger partial charge < -0.3 is 21.1 Å². The second-order valence-corrected chi connectivity index (χ2v) is 7.21. The van der Waals surface area contributed by atoms with E-state index >= 15 is 0 Å². The number of carbonyl (C=O) groups is 1. The quantitative estimate of drug-likeness (QED) is 0.290. The Bertz CT molecular complexity index is 866. The van der Waals surface area contributed by atoms with Crippen molar-refractivity contribution in [3.8, 4) is 5.75 Å². The first-order valence-electron chi connectivity index (χ1n) is 9.60. The number of ether oxygens (including phenoxy) is 1. The van der Waals surface area contributed by atoms with Crippen molar-refractivity contribution in [2.45, 2.75) is 32.9 Å². The van der Waals surface area contributed by atoms with Crippen molar-refractivity contribution < 1.29 is 9.53 Å². The van der Waals surface area contributed by atoms with E-state index in [9.17, 15) is 4.79 Å². The highest BCUT2D eigenvalue weighted by molar-refractivity contribution is 14.0. The summed E-state index contributed by atoms with van der Waals surface area (Å²) in [5.41, 5.74) is 9.09. The Labute approximate surface area is 189 Å². The lowest BCUT2D eigenvalue weighted by Crippen LogP contribution is -2.36. The molecule has 1 fully saturated rings. The summed E-state index contributed by atoms with van der Waals surface area (Å²) in [5, 5.41) is 6.58. The van der Waals surface area contributed by atoms with Gasteiger partial charge in [-0.3, -0.25) is 9.79 Å². The molecule has 3 rings (SSSR count). The summed E-state index contributed by atoms with van der Waals surface area (Å²) >= 11 is 0. The first-order chi connectivity index (χ1) is 13.5. The maximum absolute atomic E-state index is 11.3. The van der Waals surface area contributed by atoms with E-state index < -0.39 is 5.91 Å². The van der Waals surface area contributed by atoms with Gasteiger partial charge in [0.1, 0.15) is 5.75 Å². The van der Waals surface area contributed by atoms with Gasteiger partial charge in [-0.25, -0.2) is 0 Å². The summed E-state index contributed by atoms with van der Waals surface area (Å²) in [7, 11) is 1.73. The summed E-state index contributed by atoms with van der Waals surface area (Å²) in [6, 6.07) is 13.5. The van der Waals surface area contributed by atoms with Gasteiger partial charge in [0.2, 0.25) is 5.91 Å². The lowest BCUT2D eigenvalue weighted by Gasteiger charge is -2.15. The highest BCUT2D eigenvalue weighted by Gasteiger charge is 2.22. The summed E-state index contributed by atoms with van der Waals surface area (Å²) in [4.78, 5) is 15.6. The molecule has 1 amide bonds. The van der Waals surface area contributed by atoms with Crippen LogP contribution in [0.1, 0.15) is 39.9 Å². The van der Waals surface area contributed by atoms with Crippen molar-refractivity contribution in [3.05, 3.63) is 64.7 Å². The van der Waals surface area contributed by atoms with Crippen molar-refractivity contribution >= 4 is 35.8 Å². The van der Waals surface area contributed by atoms with Crippen LogP contribution in [-0.2, 0) is 13.1 Å². The van der Waals surface area contributed by atoms with Gasteiger partial charge in [0.15, 0.2) is 5.96 Å². The van der Waals surface area contributed by atoms with Gasteiger partial charge in [0.25, 0.3) is 0 Å². The van der Waals surface area contributed by atoms with Gasteiger partial charge in [-0.15, -0.1) is 24.0 Å². The van der Waals surface area contributed by atoms with E-state index in [0.29, 0.717) is 30.5 Å². The number of benzene rings is 2. The number of hydrogen-bond donors (Lipinski definition) is 3. The van der Waals surface area contributed by atoms with Crippen molar-refractivity contribution in [2.24, 2.45) is 16.6 Å². The van der Waals surface area contributed by atoms with Crippen molar-refractivity contribution in [1.82, 2.24) is 10.6 Å². The van der Waals surface area contributed by atoms with Crippen LogP contribution in [0.15, 0.2) is 47.5 Å². The average molecular weight is 508 g/mol. The van der Waals surface area contributed by atoms with E-state index in [0.717, 1.165) is 23.5 Å². The van der Waals surface area contributed by atoms with Gasteiger partial charge >= 0.3 is 0 Å². The second kappa shape index (κ2) is 11.0. The highest BCUT2D eigenvalue weighted by atomic mass is 127. The van der Waals surface area contributed by atoms with Gasteiger partial charge in [-0.2, -0.15) is 0 Å². The molecule has 0 aromatic heterocycles. The maximum atomic E-state index is 11.3. The summed E-state index contributed by atoms with van der Waals surface area (Å²) in [6.07, 6.45) is 2.54. The molecule has 29 heavy (non-hydrogen) atoms. The molecular weight excluding hydrogens is 479 g/mol. The van der Waals surface area contributed by atoms with Crippen LogP contribution in [0, 0.1) is 12.8 Å². The van der Waals surface area contributed by atoms with E-state index in [1.807, 2.05) is 12.1 Å². The summed E-state index contributed by atoms with van der Waals surface area (Å²) < 4.78 is 6.03. The topological polar surface area (TPSA) is 88.7 Å². The highest BCUT2D eigenvalue weighted by Crippen LogP contribution is 2.30. The Morgan fingerprint density at radius 2 is 1.93 bits per heavy atom. The number of aryl methyl sites for hydroxylation is 1. The molecule has 0 radical (unpaired) electrons. The predicted molar refractivity (Wildman–Crippen MR) is 127 cm³/mol. The number of primary amides is 1. The first kappa shape index (κ1) is 23.0. The molecule has 156 valence electrons. The van der Waals surface area contributed by atoms with Crippen LogP contribution in [0.4, 0.5) is 0 Å². The Balaban J connectivity index is 0.00000300. The monoisotopic (exact) mass is 508 g/mol. The molecule has 1 saturated carbocycles. The standard InChI is InChI=1S/C22H28N4O2.HI/c1-15-6-9-19(20(10-15)28-14-16-7-8-16)13-26-22(24-2)25-12-17-4-3-5-18(11-17)21(23)27;/h3-6,9-11,16H,7-8,12-14H2,1-2H3,(H2,23,27)(H2,24,25,26);1H. The number of hydrogen-bond acceptors (Lipinski definition) is 3. The molecule has 0 atom stereocenters. The molecule has 2 aromatic carbocycles. The first-order valence-corrected chi connectivity index (χ1v) is 9.60. The van der Waals surface area contributed by atoms with Crippen molar-refractivity contribution in [3.63, 3.8) is 0 Å². The molecule has 1 aliphatic carbocycles. The number of guanidine groups is 1. The largest absolute Gasteiger partial charge is 0.493 e. The minimum absolute atomic E-state index is 0. The Kier molecular flexibility index (Phi) is 8.75. The SMILES string of the molecule is CN=C(NCc1cccc(C(N)=O)c1)NCc1ccc(C)cc1OCC1CC1.I. The molecule has 0 heterocycles. The summed E-state index contributed by atoms with van der Waals surface area (Å²) in [6.45, 7) is 4.02. The number of amides is 1.